The second kappa shape index (κ2) is 7.29. The van der Waals surface area contributed by atoms with Gasteiger partial charge < -0.3 is 15.0 Å². The van der Waals surface area contributed by atoms with Gasteiger partial charge in [0.05, 0.1) is 12.5 Å². The SMILES string of the molecule is CCOc1ccc(N2C[C@@H](C(=O)N[C@H](C)CC)CC2=O)cc1. The molecule has 1 aromatic rings. The van der Waals surface area contributed by atoms with Crippen LogP contribution < -0.4 is 15.0 Å². The van der Waals surface area contributed by atoms with Crippen LogP contribution >= 0.6 is 0 Å². The predicted octanol–water partition coefficient (Wildman–Crippen LogP) is 2.35. The molecule has 1 heterocycles. The average Bonchev–Trinajstić information content (AvgIpc) is 2.90. The second-order valence-corrected chi connectivity index (χ2v) is 5.65. The zero-order chi connectivity index (χ0) is 16.1. The number of carbonyl (C=O) groups excluding carboxylic acids is 2. The smallest absolute Gasteiger partial charge is 0.227 e. The van der Waals surface area contributed by atoms with E-state index in [9.17, 15) is 9.59 Å². The Balaban J connectivity index is 2.01. The normalized spacial score (nSPS) is 19.1. The summed E-state index contributed by atoms with van der Waals surface area (Å²) in [4.78, 5) is 26.0. The maximum absolute atomic E-state index is 12.2. The van der Waals surface area contributed by atoms with Crippen molar-refractivity contribution >= 4 is 17.5 Å². The van der Waals surface area contributed by atoms with E-state index in [0.717, 1.165) is 17.9 Å². The minimum Gasteiger partial charge on any atom is -0.494 e. The van der Waals surface area contributed by atoms with Crippen molar-refractivity contribution in [1.82, 2.24) is 5.32 Å². The summed E-state index contributed by atoms with van der Waals surface area (Å²) in [7, 11) is 0. The lowest BCUT2D eigenvalue weighted by Gasteiger charge is -2.18. The topological polar surface area (TPSA) is 58.6 Å². The lowest BCUT2D eigenvalue weighted by molar-refractivity contribution is -0.126. The van der Waals surface area contributed by atoms with Gasteiger partial charge in [-0.2, -0.15) is 0 Å². The van der Waals surface area contributed by atoms with Crippen LogP contribution in [0, 0.1) is 5.92 Å². The molecule has 0 unspecified atom stereocenters. The highest BCUT2D eigenvalue weighted by Gasteiger charge is 2.35. The summed E-state index contributed by atoms with van der Waals surface area (Å²) in [6, 6.07) is 7.55. The zero-order valence-corrected chi connectivity index (χ0v) is 13.5. The Hall–Kier alpha value is -2.04. The van der Waals surface area contributed by atoms with Crippen LogP contribution in [0.5, 0.6) is 5.75 Å². The number of nitrogens with one attached hydrogen (secondary N) is 1. The van der Waals surface area contributed by atoms with E-state index in [2.05, 4.69) is 5.32 Å². The first-order chi connectivity index (χ1) is 10.5. The molecule has 5 nitrogen and oxygen atoms in total. The molecule has 0 radical (unpaired) electrons. The van der Waals surface area contributed by atoms with Gasteiger partial charge in [0.15, 0.2) is 0 Å². The van der Waals surface area contributed by atoms with Crippen molar-refractivity contribution < 1.29 is 14.3 Å². The van der Waals surface area contributed by atoms with E-state index in [4.69, 9.17) is 4.74 Å². The highest BCUT2D eigenvalue weighted by atomic mass is 16.5. The Labute approximate surface area is 131 Å². The van der Waals surface area contributed by atoms with E-state index < -0.39 is 0 Å². The summed E-state index contributed by atoms with van der Waals surface area (Å²) in [5.74, 6) is 0.474. The fourth-order valence-electron chi connectivity index (χ4n) is 2.48. The zero-order valence-electron chi connectivity index (χ0n) is 13.5. The lowest BCUT2D eigenvalue weighted by Crippen LogP contribution is -2.38. The first kappa shape index (κ1) is 16.3. The Kier molecular flexibility index (Phi) is 5.41. The maximum atomic E-state index is 12.2. The van der Waals surface area contributed by atoms with Crippen LogP contribution in [0.3, 0.4) is 0 Å². The summed E-state index contributed by atoms with van der Waals surface area (Å²) in [5.41, 5.74) is 0.812. The van der Waals surface area contributed by atoms with Crippen molar-refractivity contribution in [2.75, 3.05) is 18.1 Å². The van der Waals surface area contributed by atoms with Crippen molar-refractivity contribution in [3.8, 4) is 5.75 Å². The third-order valence-corrected chi connectivity index (χ3v) is 3.96. The monoisotopic (exact) mass is 304 g/mol. The highest BCUT2D eigenvalue weighted by Crippen LogP contribution is 2.27. The Morgan fingerprint density at radius 2 is 2.05 bits per heavy atom. The predicted molar refractivity (Wildman–Crippen MR) is 86.0 cm³/mol. The number of benzene rings is 1. The molecule has 2 rings (SSSR count). The number of hydrogen-bond donors (Lipinski definition) is 1. The van der Waals surface area contributed by atoms with Crippen molar-refractivity contribution in [2.24, 2.45) is 5.92 Å². The van der Waals surface area contributed by atoms with Gasteiger partial charge in [-0.1, -0.05) is 6.92 Å². The minimum absolute atomic E-state index is 0.00605. The number of nitrogens with zero attached hydrogens (tertiary/aromatic N) is 1. The molecule has 1 aliphatic rings. The van der Waals surface area contributed by atoms with Crippen molar-refractivity contribution in [2.45, 2.75) is 39.7 Å². The van der Waals surface area contributed by atoms with Crippen molar-refractivity contribution in [3.63, 3.8) is 0 Å². The van der Waals surface area contributed by atoms with Gasteiger partial charge in [0, 0.05) is 24.7 Å². The molecule has 0 bridgehead atoms. The summed E-state index contributed by atoms with van der Waals surface area (Å²) in [5, 5.41) is 2.95. The van der Waals surface area contributed by atoms with Gasteiger partial charge in [0.1, 0.15) is 5.75 Å². The van der Waals surface area contributed by atoms with Crippen LogP contribution in [-0.2, 0) is 9.59 Å². The molecule has 0 saturated carbocycles. The number of anilines is 1. The Bertz CT molecular complexity index is 527. The molecule has 1 fully saturated rings. The van der Waals surface area contributed by atoms with Gasteiger partial charge in [-0.15, -0.1) is 0 Å². The first-order valence-electron chi connectivity index (χ1n) is 7.88. The lowest BCUT2D eigenvalue weighted by atomic mass is 10.1. The largest absolute Gasteiger partial charge is 0.494 e. The molecule has 0 aliphatic carbocycles. The Morgan fingerprint density at radius 1 is 1.36 bits per heavy atom. The van der Waals surface area contributed by atoms with E-state index in [-0.39, 0.29) is 30.2 Å². The maximum Gasteiger partial charge on any atom is 0.227 e. The minimum atomic E-state index is -0.270. The molecule has 1 aliphatic heterocycles. The van der Waals surface area contributed by atoms with Gasteiger partial charge in [0.25, 0.3) is 0 Å². The van der Waals surface area contributed by atoms with Crippen LogP contribution in [0.1, 0.15) is 33.6 Å². The molecular formula is C17H24N2O3. The van der Waals surface area contributed by atoms with Crippen LogP contribution in [0.2, 0.25) is 0 Å². The van der Waals surface area contributed by atoms with Gasteiger partial charge >= 0.3 is 0 Å². The number of amides is 2. The van der Waals surface area contributed by atoms with Gasteiger partial charge in [0.2, 0.25) is 11.8 Å². The molecule has 2 atom stereocenters. The number of ether oxygens (including phenoxy) is 1. The summed E-state index contributed by atoms with van der Waals surface area (Å²) < 4.78 is 5.40. The molecule has 1 saturated heterocycles. The molecule has 2 amide bonds. The summed E-state index contributed by atoms with van der Waals surface area (Å²) in [6.45, 7) is 6.98. The van der Waals surface area contributed by atoms with Gasteiger partial charge in [-0.25, -0.2) is 0 Å². The number of carbonyl (C=O) groups is 2. The number of rotatable bonds is 6. The summed E-state index contributed by atoms with van der Waals surface area (Å²) >= 11 is 0. The van der Waals surface area contributed by atoms with E-state index in [1.165, 1.54) is 0 Å². The molecule has 1 N–H and O–H groups in total. The molecule has 120 valence electrons. The van der Waals surface area contributed by atoms with E-state index >= 15 is 0 Å². The van der Waals surface area contributed by atoms with Crippen LogP contribution in [0.15, 0.2) is 24.3 Å². The molecule has 5 heteroatoms. The van der Waals surface area contributed by atoms with E-state index in [1.807, 2.05) is 45.0 Å². The third-order valence-electron chi connectivity index (χ3n) is 3.96. The fourth-order valence-corrected chi connectivity index (χ4v) is 2.48. The quantitative estimate of drug-likeness (QED) is 0.877. The highest BCUT2D eigenvalue weighted by molar-refractivity contribution is 6.00. The molecule has 0 spiro atoms. The van der Waals surface area contributed by atoms with Crippen molar-refractivity contribution in [3.05, 3.63) is 24.3 Å². The summed E-state index contributed by atoms with van der Waals surface area (Å²) in [6.07, 6.45) is 1.16. The molecule has 22 heavy (non-hydrogen) atoms. The second-order valence-electron chi connectivity index (χ2n) is 5.65. The molecule has 0 aromatic heterocycles. The molecule has 1 aromatic carbocycles. The van der Waals surface area contributed by atoms with E-state index in [1.54, 1.807) is 4.90 Å². The fraction of sp³-hybridized carbons (Fsp3) is 0.529. The van der Waals surface area contributed by atoms with Gasteiger partial charge in [-0.3, -0.25) is 9.59 Å². The first-order valence-corrected chi connectivity index (χ1v) is 7.88. The van der Waals surface area contributed by atoms with Crippen molar-refractivity contribution in [1.29, 1.82) is 0 Å². The van der Waals surface area contributed by atoms with Crippen LogP contribution in [0.4, 0.5) is 5.69 Å². The van der Waals surface area contributed by atoms with E-state index in [0.29, 0.717) is 13.2 Å². The van der Waals surface area contributed by atoms with Crippen LogP contribution in [0.25, 0.3) is 0 Å². The van der Waals surface area contributed by atoms with Crippen LogP contribution in [-0.4, -0.2) is 31.0 Å². The average molecular weight is 304 g/mol. The standard InChI is InChI=1S/C17H24N2O3/c1-4-12(3)18-17(21)13-10-16(20)19(11-13)14-6-8-15(9-7-14)22-5-2/h6-9,12-13H,4-5,10-11H2,1-3H3,(H,18,21)/t12-,13+/m1/s1. The Morgan fingerprint density at radius 3 is 2.64 bits per heavy atom. The number of hydrogen-bond acceptors (Lipinski definition) is 3. The van der Waals surface area contributed by atoms with Gasteiger partial charge in [-0.05, 0) is 44.5 Å². The third kappa shape index (κ3) is 3.78. The molecular weight excluding hydrogens is 280 g/mol.